The van der Waals surface area contributed by atoms with Crippen molar-refractivity contribution in [3.63, 3.8) is 0 Å². The molecule has 108 valence electrons. The molecule has 0 aliphatic carbocycles. The molecule has 1 N–H and O–H groups in total. The van der Waals surface area contributed by atoms with Crippen molar-refractivity contribution in [1.29, 1.82) is 0 Å². The van der Waals surface area contributed by atoms with Gasteiger partial charge in [0.25, 0.3) is 0 Å². The normalized spacial score (nSPS) is 15.1. The van der Waals surface area contributed by atoms with Crippen molar-refractivity contribution < 1.29 is 17.9 Å². The highest BCUT2D eigenvalue weighted by Gasteiger charge is 2.30. The van der Waals surface area contributed by atoms with Gasteiger partial charge in [-0.25, -0.2) is 0 Å². The molecule has 0 spiro atoms. The second-order valence-electron chi connectivity index (χ2n) is 4.64. The van der Waals surface area contributed by atoms with E-state index >= 15 is 0 Å². The van der Waals surface area contributed by atoms with Crippen LogP contribution in [0.25, 0.3) is 0 Å². The summed E-state index contributed by atoms with van der Waals surface area (Å²) in [6, 6.07) is 6.47. The van der Waals surface area contributed by atoms with Crippen LogP contribution in [-0.4, -0.2) is 19.5 Å². The third kappa shape index (κ3) is 5.51. The number of alkyl halides is 3. The molecule has 0 bridgehead atoms. The van der Waals surface area contributed by atoms with E-state index in [0.29, 0.717) is 12.0 Å². The molecule has 0 amide bonds. The van der Waals surface area contributed by atoms with E-state index in [0.717, 1.165) is 18.4 Å². The van der Waals surface area contributed by atoms with E-state index in [1.54, 1.807) is 12.1 Å². The van der Waals surface area contributed by atoms with Crippen LogP contribution in [0.5, 0.6) is 5.75 Å². The summed E-state index contributed by atoms with van der Waals surface area (Å²) >= 11 is 0. The first-order chi connectivity index (χ1) is 8.85. The number of rotatable bonds is 6. The molecule has 0 heterocycles. The summed E-state index contributed by atoms with van der Waals surface area (Å²) in [5.41, 5.74) is 1.02. The number of ether oxygens (including phenoxy) is 1. The van der Waals surface area contributed by atoms with Crippen LogP contribution in [0.1, 0.15) is 25.8 Å². The van der Waals surface area contributed by atoms with Gasteiger partial charge in [0.1, 0.15) is 5.75 Å². The van der Waals surface area contributed by atoms with Gasteiger partial charge >= 0.3 is 6.36 Å². The Kier molecular flexibility index (Phi) is 5.66. The lowest BCUT2D eigenvalue weighted by Gasteiger charge is -2.22. The SMILES string of the molecule is CCC(Cc1ccc(OC(F)(F)F)cc1)C(C)NC. The summed E-state index contributed by atoms with van der Waals surface area (Å²) in [6.45, 7) is 4.22. The minimum atomic E-state index is -4.63. The minimum absolute atomic E-state index is 0.175. The van der Waals surface area contributed by atoms with Gasteiger partial charge in [-0.3, -0.25) is 0 Å². The summed E-state index contributed by atoms with van der Waals surface area (Å²) in [5, 5.41) is 3.21. The monoisotopic (exact) mass is 275 g/mol. The van der Waals surface area contributed by atoms with Crippen LogP contribution in [0.3, 0.4) is 0 Å². The fourth-order valence-corrected chi connectivity index (χ4v) is 2.04. The van der Waals surface area contributed by atoms with Crippen LogP contribution in [-0.2, 0) is 6.42 Å². The van der Waals surface area contributed by atoms with Crippen LogP contribution in [0.2, 0.25) is 0 Å². The molecule has 0 aromatic heterocycles. The Bertz CT molecular complexity index is 375. The molecular formula is C14H20F3NO. The summed E-state index contributed by atoms with van der Waals surface area (Å²) < 4.78 is 39.9. The fourth-order valence-electron chi connectivity index (χ4n) is 2.04. The maximum Gasteiger partial charge on any atom is 0.573 e. The van der Waals surface area contributed by atoms with Crippen LogP contribution in [0.4, 0.5) is 13.2 Å². The van der Waals surface area contributed by atoms with E-state index in [4.69, 9.17) is 0 Å². The van der Waals surface area contributed by atoms with Gasteiger partial charge < -0.3 is 10.1 Å². The second-order valence-corrected chi connectivity index (χ2v) is 4.64. The van der Waals surface area contributed by atoms with Crippen molar-refractivity contribution in [2.45, 2.75) is 39.1 Å². The molecule has 0 aliphatic heterocycles. The molecule has 0 saturated carbocycles. The van der Waals surface area contributed by atoms with Crippen LogP contribution >= 0.6 is 0 Å². The highest BCUT2D eigenvalue weighted by molar-refractivity contribution is 5.27. The van der Waals surface area contributed by atoms with Gasteiger partial charge in [-0.2, -0.15) is 0 Å². The first-order valence-electron chi connectivity index (χ1n) is 6.37. The van der Waals surface area contributed by atoms with Crippen molar-refractivity contribution in [3.8, 4) is 5.75 Å². The van der Waals surface area contributed by atoms with E-state index in [2.05, 4.69) is 23.9 Å². The summed E-state index contributed by atoms with van der Waals surface area (Å²) in [7, 11) is 1.91. The van der Waals surface area contributed by atoms with Crippen molar-refractivity contribution in [3.05, 3.63) is 29.8 Å². The zero-order valence-electron chi connectivity index (χ0n) is 11.4. The minimum Gasteiger partial charge on any atom is -0.406 e. The van der Waals surface area contributed by atoms with E-state index in [1.807, 2.05) is 7.05 Å². The Morgan fingerprint density at radius 2 is 1.79 bits per heavy atom. The molecule has 0 saturated heterocycles. The maximum atomic E-state index is 12.0. The van der Waals surface area contributed by atoms with Gasteiger partial charge in [0.05, 0.1) is 0 Å². The Morgan fingerprint density at radius 3 is 2.21 bits per heavy atom. The van der Waals surface area contributed by atoms with E-state index in [-0.39, 0.29) is 5.75 Å². The van der Waals surface area contributed by atoms with E-state index in [9.17, 15) is 13.2 Å². The average Bonchev–Trinajstić information content (AvgIpc) is 2.35. The topological polar surface area (TPSA) is 21.3 Å². The Balaban J connectivity index is 2.66. The first-order valence-corrected chi connectivity index (χ1v) is 6.37. The standard InChI is InChI=1S/C14H20F3NO/c1-4-12(10(2)18-3)9-11-5-7-13(8-6-11)19-14(15,16)17/h5-8,10,12,18H,4,9H2,1-3H3. The summed E-state index contributed by atoms with van der Waals surface area (Å²) in [5.74, 6) is 0.283. The van der Waals surface area contributed by atoms with Gasteiger partial charge in [0.15, 0.2) is 0 Å². The van der Waals surface area contributed by atoms with E-state index < -0.39 is 6.36 Å². The number of halogens is 3. The molecule has 1 rings (SSSR count). The van der Waals surface area contributed by atoms with Crippen LogP contribution in [0.15, 0.2) is 24.3 Å². The number of benzene rings is 1. The zero-order chi connectivity index (χ0) is 14.5. The Labute approximate surface area is 112 Å². The van der Waals surface area contributed by atoms with Gasteiger partial charge in [-0.15, -0.1) is 13.2 Å². The Hall–Kier alpha value is -1.23. The molecule has 2 unspecified atom stereocenters. The predicted octanol–water partition coefficient (Wildman–Crippen LogP) is 3.76. The van der Waals surface area contributed by atoms with Gasteiger partial charge in [0.2, 0.25) is 0 Å². The van der Waals surface area contributed by atoms with E-state index in [1.165, 1.54) is 12.1 Å². The average molecular weight is 275 g/mol. The highest BCUT2D eigenvalue weighted by atomic mass is 19.4. The van der Waals surface area contributed by atoms with Crippen molar-refractivity contribution in [2.75, 3.05) is 7.05 Å². The lowest BCUT2D eigenvalue weighted by molar-refractivity contribution is -0.274. The molecule has 1 aromatic rings. The lowest BCUT2D eigenvalue weighted by Crippen LogP contribution is -2.31. The van der Waals surface area contributed by atoms with Gasteiger partial charge in [-0.05, 0) is 44.0 Å². The molecule has 19 heavy (non-hydrogen) atoms. The molecule has 0 fully saturated rings. The summed E-state index contributed by atoms with van der Waals surface area (Å²) in [6.07, 6.45) is -2.78. The highest BCUT2D eigenvalue weighted by Crippen LogP contribution is 2.24. The third-order valence-corrected chi connectivity index (χ3v) is 3.34. The molecule has 0 aliphatic rings. The number of hydrogen-bond acceptors (Lipinski definition) is 2. The van der Waals surface area contributed by atoms with Crippen molar-refractivity contribution in [2.24, 2.45) is 5.92 Å². The Morgan fingerprint density at radius 1 is 1.21 bits per heavy atom. The number of hydrogen-bond donors (Lipinski definition) is 1. The molecule has 0 radical (unpaired) electrons. The molecular weight excluding hydrogens is 255 g/mol. The molecule has 2 nitrogen and oxygen atoms in total. The smallest absolute Gasteiger partial charge is 0.406 e. The molecule has 5 heteroatoms. The van der Waals surface area contributed by atoms with Gasteiger partial charge in [-0.1, -0.05) is 25.5 Å². The lowest BCUT2D eigenvalue weighted by atomic mass is 9.91. The third-order valence-electron chi connectivity index (χ3n) is 3.34. The van der Waals surface area contributed by atoms with Crippen molar-refractivity contribution in [1.82, 2.24) is 5.32 Å². The quantitative estimate of drug-likeness (QED) is 0.853. The van der Waals surface area contributed by atoms with Crippen molar-refractivity contribution >= 4 is 0 Å². The second kappa shape index (κ2) is 6.80. The molecule has 1 aromatic carbocycles. The fraction of sp³-hybridized carbons (Fsp3) is 0.571. The van der Waals surface area contributed by atoms with Gasteiger partial charge in [0, 0.05) is 6.04 Å². The van der Waals surface area contributed by atoms with Crippen LogP contribution < -0.4 is 10.1 Å². The zero-order valence-corrected chi connectivity index (χ0v) is 11.4. The van der Waals surface area contributed by atoms with Crippen LogP contribution in [0, 0.1) is 5.92 Å². The largest absolute Gasteiger partial charge is 0.573 e. The predicted molar refractivity (Wildman–Crippen MR) is 69.1 cm³/mol. The number of nitrogens with one attached hydrogen (secondary N) is 1. The maximum absolute atomic E-state index is 12.0. The molecule has 2 atom stereocenters. The first kappa shape index (κ1) is 15.8. The summed E-state index contributed by atoms with van der Waals surface area (Å²) in [4.78, 5) is 0.